The van der Waals surface area contributed by atoms with Gasteiger partial charge >= 0.3 is 0 Å². The number of benzene rings is 1. The molecule has 0 N–H and O–H groups in total. The van der Waals surface area contributed by atoms with Crippen LogP contribution in [-0.2, 0) is 10.2 Å². The molecule has 0 spiro atoms. The molecule has 0 radical (unpaired) electrons. The molecule has 2 rings (SSSR count). The number of rotatable bonds is 2. The third-order valence-corrected chi connectivity index (χ3v) is 2.91. The second kappa shape index (κ2) is 4.46. The maximum atomic E-state index is 5.82. The van der Waals surface area contributed by atoms with Gasteiger partial charge in [-0.25, -0.2) is 0 Å². The summed E-state index contributed by atoms with van der Waals surface area (Å²) in [4.78, 5) is 0. The Kier molecular flexibility index (Phi) is 3.20. The molecule has 0 unspecified atom stereocenters. The Hall–Kier alpha value is -1.02. The third kappa shape index (κ3) is 2.76. The van der Waals surface area contributed by atoms with E-state index in [1.165, 1.54) is 5.56 Å². The molecule has 88 valence electrons. The Labute approximate surface area is 97.6 Å². The van der Waals surface area contributed by atoms with E-state index in [4.69, 9.17) is 9.47 Å². The molecule has 0 amide bonds. The van der Waals surface area contributed by atoms with Gasteiger partial charge in [-0.3, -0.25) is 0 Å². The average molecular weight is 220 g/mol. The topological polar surface area (TPSA) is 18.5 Å². The first kappa shape index (κ1) is 11.5. The van der Waals surface area contributed by atoms with E-state index in [0.717, 1.165) is 25.4 Å². The molecule has 0 aliphatic carbocycles. The summed E-state index contributed by atoms with van der Waals surface area (Å²) in [6, 6.07) is 8.40. The third-order valence-electron chi connectivity index (χ3n) is 2.91. The predicted molar refractivity (Wildman–Crippen MR) is 65.0 cm³/mol. The molecule has 0 saturated carbocycles. The molecule has 1 atom stereocenters. The molecule has 1 aliphatic heterocycles. The van der Waals surface area contributed by atoms with Gasteiger partial charge in [-0.2, -0.15) is 0 Å². The largest absolute Gasteiger partial charge is 0.488 e. The Morgan fingerprint density at radius 2 is 1.88 bits per heavy atom. The van der Waals surface area contributed by atoms with Gasteiger partial charge in [0.2, 0.25) is 0 Å². The van der Waals surface area contributed by atoms with E-state index in [-0.39, 0.29) is 11.5 Å². The summed E-state index contributed by atoms with van der Waals surface area (Å²) in [6.45, 7) is 8.20. The highest BCUT2D eigenvalue weighted by Gasteiger charge is 2.18. The van der Waals surface area contributed by atoms with E-state index in [9.17, 15) is 0 Å². The fourth-order valence-corrected chi connectivity index (χ4v) is 1.83. The van der Waals surface area contributed by atoms with Crippen molar-refractivity contribution in [3.8, 4) is 5.75 Å². The second-order valence-corrected chi connectivity index (χ2v) is 5.38. The minimum Gasteiger partial charge on any atom is -0.488 e. The highest BCUT2D eigenvalue weighted by molar-refractivity contribution is 5.31. The lowest BCUT2D eigenvalue weighted by Crippen LogP contribution is -2.16. The van der Waals surface area contributed by atoms with Crippen molar-refractivity contribution in [2.45, 2.75) is 38.7 Å². The first-order valence-electron chi connectivity index (χ1n) is 5.91. The van der Waals surface area contributed by atoms with Crippen LogP contribution in [0.25, 0.3) is 0 Å². The van der Waals surface area contributed by atoms with E-state index in [1.807, 2.05) is 0 Å². The molecule has 0 aromatic heterocycles. The molecule has 1 fully saturated rings. The Balaban J connectivity index is 2.01. The lowest BCUT2D eigenvalue weighted by atomic mass is 9.87. The summed E-state index contributed by atoms with van der Waals surface area (Å²) in [5.74, 6) is 0.948. The molecule has 1 aliphatic rings. The fraction of sp³-hybridized carbons (Fsp3) is 0.571. The van der Waals surface area contributed by atoms with Gasteiger partial charge in [-0.1, -0.05) is 32.9 Å². The van der Waals surface area contributed by atoms with Gasteiger partial charge in [0.05, 0.1) is 13.2 Å². The van der Waals surface area contributed by atoms with Crippen molar-refractivity contribution in [2.24, 2.45) is 0 Å². The van der Waals surface area contributed by atoms with Gasteiger partial charge in [0, 0.05) is 6.42 Å². The van der Waals surface area contributed by atoms with Gasteiger partial charge in [0.15, 0.2) is 0 Å². The van der Waals surface area contributed by atoms with Crippen LogP contribution in [0.15, 0.2) is 24.3 Å². The molecule has 1 aromatic rings. The first-order valence-corrected chi connectivity index (χ1v) is 5.91. The lowest BCUT2D eigenvalue weighted by molar-refractivity contribution is 0.141. The highest BCUT2D eigenvalue weighted by atomic mass is 16.5. The maximum absolute atomic E-state index is 5.82. The molecule has 0 bridgehead atoms. The van der Waals surface area contributed by atoms with Crippen LogP contribution in [0.2, 0.25) is 0 Å². The molecule has 1 saturated heterocycles. The Bertz CT molecular complexity index is 329. The van der Waals surface area contributed by atoms with Crippen LogP contribution in [0.3, 0.4) is 0 Å². The zero-order chi connectivity index (χ0) is 11.6. The monoisotopic (exact) mass is 220 g/mol. The molecule has 1 aromatic carbocycles. The lowest BCUT2D eigenvalue weighted by Gasteiger charge is -2.19. The van der Waals surface area contributed by atoms with Crippen molar-refractivity contribution in [1.29, 1.82) is 0 Å². The van der Waals surface area contributed by atoms with Gasteiger partial charge in [0.1, 0.15) is 11.9 Å². The summed E-state index contributed by atoms with van der Waals surface area (Å²) >= 11 is 0. The molecular formula is C14H20O2. The number of hydrogen-bond acceptors (Lipinski definition) is 2. The van der Waals surface area contributed by atoms with Gasteiger partial charge in [0.25, 0.3) is 0 Å². The summed E-state index contributed by atoms with van der Waals surface area (Å²) in [6.07, 6.45) is 1.24. The summed E-state index contributed by atoms with van der Waals surface area (Å²) in [7, 11) is 0. The smallest absolute Gasteiger partial charge is 0.124 e. The van der Waals surface area contributed by atoms with E-state index >= 15 is 0 Å². The fourth-order valence-electron chi connectivity index (χ4n) is 1.83. The minimum absolute atomic E-state index is 0.203. The van der Waals surface area contributed by atoms with Crippen molar-refractivity contribution < 1.29 is 9.47 Å². The minimum atomic E-state index is 0.203. The average Bonchev–Trinajstić information content (AvgIpc) is 2.70. The molecule has 1 heterocycles. The van der Waals surface area contributed by atoms with Crippen molar-refractivity contribution in [3.63, 3.8) is 0 Å². The van der Waals surface area contributed by atoms with Crippen molar-refractivity contribution in [2.75, 3.05) is 13.2 Å². The van der Waals surface area contributed by atoms with Crippen molar-refractivity contribution in [3.05, 3.63) is 29.8 Å². The summed E-state index contributed by atoms with van der Waals surface area (Å²) < 4.78 is 11.1. The zero-order valence-electron chi connectivity index (χ0n) is 10.3. The van der Waals surface area contributed by atoms with E-state index < -0.39 is 0 Å². The van der Waals surface area contributed by atoms with Crippen LogP contribution in [0.5, 0.6) is 5.75 Å². The van der Waals surface area contributed by atoms with Crippen LogP contribution in [0, 0.1) is 0 Å². The molecule has 2 heteroatoms. The van der Waals surface area contributed by atoms with Gasteiger partial charge < -0.3 is 9.47 Å². The normalized spacial score (nSPS) is 21.1. The van der Waals surface area contributed by atoms with Crippen LogP contribution in [0.4, 0.5) is 0 Å². The van der Waals surface area contributed by atoms with E-state index in [0.29, 0.717) is 0 Å². The van der Waals surface area contributed by atoms with Crippen LogP contribution in [0.1, 0.15) is 32.8 Å². The zero-order valence-corrected chi connectivity index (χ0v) is 10.3. The highest BCUT2D eigenvalue weighted by Crippen LogP contribution is 2.25. The maximum Gasteiger partial charge on any atom is 0.124 e. The van der Waals surface area contributed by atoms with Crippen LogP contribution < -0.4 is 4.74 Å². The second-order valence-electron chi connectivity index (χ2n) is 5.38. The molecule has 2 nitrogen and oxygen atoms in total. The van der Waals surface area contributed by atoms with Gasteiger partial charge in [-0.15, -0.1) is 0 Å². The predicted octanol–water partition coefficient (Wildman–Crippen LogP) is 3.15. The summed E-state index contributed by atoms with van der Waals surface area (Å²) in [5, 5.41) is 0. The van der Waals surface area contributed by atoms with Crippen LogP contribution in [-0.4, -0.2) is 19.3 Å². The van der Waals surface area contributed by atoms with Gasteiger partial charge in [-0.05, 0) is 23.1 Å². The van der Waals surface area contributed by atoms with E-state index in [2.05, 4.69) is 45.0 Å². The quantitative estimate of drug-likeness (QED) is 0.762. The Morgan fingerprint density at radius 1 is 1.19 bits per heavy atom. The Morgan fingerprint density at radius 3 is 2.38 bits per heavy atom. The molecule has 16 heavy (non-hydrogen) atoms. The standard InChI is InChI=1S/C14H20O2/c1-14(2,3)11-4-6-12(7-5-11)16-13-8-9-15-10-13/h4-7,13H,8-10H2,1-3H3/t13-/m0/s1. The van der Waals surface area contributed by atoms with Crippen molar-refractivity contribution in [1.82, 2.24) is 0 Å². The van der Waals surface area contributed by atoms with Crippen molar-refractivity contribution >= 4 is 0 Å². The van der Waals surface area contributed by atoms with Crippen LogP contribution >= 0.6 is 0 Å². The number of ether oxygens (including phenoxy) is 2. The first-order chi connectivity index (χ1) is 7.55. The van der Waals surface area contributed by atoms with E-state index in [1.54, 1.807) is 0 Å². The number of hydrogen-bond donors (Lipinski definition) is 0. The molecular weight excluding hydrogens is 200 g/mol. The SMILES string of the molecule is CC(C)(C)c1ccc(O[C@H]2CCOC2)cc1. The summed E-state index contributed by atoms with van der Waals surface area (Å²) in [5.41, 5.74) is 1.54.